The summed E-state index contributed by atoms with van der Waals surface area (Å²) in [7, 11) is 6.43. The van der Waals surface area contributed by atoms with Gasteiger partial charge in [-0.25, -0.2) is 0 Å². The Balaban J connectivity index is 3.36. The lowest BCUT2D eigenvalue weighted by Gasteiger charge is -2.20. The van der Waals surface area contributed by atoms with Gasteiger partial charge in [0.2, 0.25) is 0 Å². The van der Waals surface area contributed by atoms with Crippen molar-refractivity contribution in [3.63, 3.8) is 0 Å². The highest BCUT2D eigenvalue weighted by Gasteiger charge is 2.03. The Hall–Kier alpha value is -0.120. The van der Waals surface area contributed by atoms with Gasteiger partial charge in [-0.2, -0.15) is 0 Å². The zero-order valence-electron chi connectivity index (χ0n) is 11.0. The molecule has 0 bridgehead atoms. The molecule has 0 fully saturated rings. The highest BCUT2D eigenvalue weighted by atomic mass is 15.1. The van der Waals surface area contributed by atoms with E-state index >= 15 is 0 Å². The van der Waals surface area contributed by atoms with Crippen molar-refractivity contribution in [1.82, 2.24) is 9.80 Å². The normalized spacial score (nSPS) is 13.8. The summed E-state index contributed by atoms with van der Waals surface area (Å²) in [6.07, 6.45) is 4.73. The first-order valence-electron chi connectivity index (χ1n) is 6.15. The van der Waals surface area contributed by atoms with E-state index in [0.29, 0.717) is 6.04 Å². The Kier molecular flexibility index (Phi) is 9.06. The molecule has 0 saturated carbocycles. The Labute approximate surface area is 95.6 Å². The molecule has 1 atom stereocenters. The van der Waals surface area contributed by atoms with Crippen LogP contribution >= 0.6 is 0 Å². The molecule has 0 rings (SSSR count). The van der Waals surface area contributed by atoms with Crippen LogP contribution in [0.5, 0.6) is 0 Å². The first-order chi connectivity index (χ1) is 7.06. The Morgan fingerprint density at radius 2 is 1.67 bits per heavy atom. The average Bonchev–Trinajstić information content (AvgIpc) is 2.14. The molecule has 0 aliphatic heterocycles. The largest absolute Gasteiger partial charge is 0.328 e. The molecule has 0 aromatic heterocycles. The molecule has 3 heteroatoms. The molecule has 1 unspecified atom stereocenters. The molecule has 0 heterocycles. The lowest BCUT2D eigenvalue weighted by molar-refractivity contribution is 0.288. The highest BCUT2D eigenvalue weighted by molar-refractivity contribution is 4.63. The Morgan fingerprint density at radius 3 is 2.20 bits per heavy atom. The molecule has 15 heavy (non-hydrogen) atoms. The molecule has 0 aliphatic carbocycles. The van der Waals surface area contributed by atoms with Crippen LogP contribution in [0.4, 0.5) is 0 Å². The summed E-state index contributed by atoms with van der Waals surface area (Å²) in [4.78, 5) is 4.62. The molecule has 92 valence electrons. The van der Waals surface area contributed by atoms with Crippen LogP contribution in [0, 0.1) is 0 Å². The summed E-state index contributed by atoms with van der Waals surface area (Å²) < 4.78 is 0. The van der Waals surface area contributed by atoms with Gasteiger partial charge in [0.1, 0.15) is 0 Å². The SMILES string of the molecule is CCCC(N)CCN(C)CCCN(C)C. The summed E-state index contributed by atoms with van der Waals surface area (Å²) in [5.74, 6) is 0. The smallest absolute Gasteiger partial charge is 0.00509 e. The summed E-state index contributed by atoms with van der Waals surface area (Å²) >= 11 is 0. The second-order valence-corrected chi connectivity index (χ2v) is 4.80. The van der Waals surface area contributed by atoms with Crippen LogP contribution in [0.3, 0.4) is 0 Å². The average molecular weight is 215 g/mol. The Bertz CT molecular complexity index is 137. The standard InChI is InChI=1S/C12H29N3/c1-5-7-12(13)8-11-15(4)10-6-9-14(2)3/h12H,5-11,13H2,1-4H3. The van der Waals surface area contributed by atoms with Crippen molar-refractivity contribution in [3.8, 4) is 0 Å². The molecular formula is C12H29N3. The number of hydrogen-bond acceptors (Lipinski definition) is 3. The molecule has 0 amide bonds. The maximum atomic E-state index is 5.97. The van der Waals surface area contributed by atoms with E-state index in [1.54, 1.807) is 0 Å². The van der Waals surface area contributed by atoms with Gasteiger partial charge < -0.3 is 15.5 Å². The number of nitrogens with zero attached hydrogens (tertiary/aromatic N) is 2. The third-order valence-corrected chi connectivity index (χ3v) is 2.69. The summed E-state index contributed by atoms with van der Waals surface area (Å²) in [6, 6.07) is 0.395. The lowest BCUT2D eigenvalue weighted by Crippen LogP contribution is -2.29. The number of rotatable bonds is 9. The summed E-state index contributed by atoms with van der Waals surface area (Å²) in [6.45, 7) is 5.68. The Morgan fingerprint density at radius 1 is 1.00 bits per heavy atom. The van der Waals surface area contributed by atoms with Gasteiger partial charge in [0, 0.05) is 6.04 Å². The zero-order chi connectivity index (χ0) is 11.7. The molecule has 3 nitrogen and oxygen atoms in total. The van der Waals surface area contributed by atoms with Crippen molar-refractivity contribution in [3.05, 3.63) is 0 Å². The minimum absolute atomic E-state index is 0.395. The van der Waals surface area contributed by atoms with Crippen LogP contribution in [-0.4, -0.2) is 56.6 Å². The minimum atomic E-state index is 0.395. The topological polar surface area (TPSA) is 32.5 Å². The van der Waals surface area contributed by atoms with Gasteiger partial charge in [-0.3, -0.25) is 0 Å². The first kappa shape index (κ1) is 14.9. The summed E-state index contributed by atoms with van der Waals surface area (Å²) in [5, 5.41) is 0. The second kappa shape index (κ2) is 9.13. The molecule has 0 radical (unpaired) electrons. The fourth-order valence-corrected chi connectivity index (χ4v) is 1.67. The van der Waals surface area contributed by atoms with Crippen LogP contribution in [-0.2, 0) is 0 Å². The third kappa shape index (κ3) is 10.2. The van der Waals surface area contributed by atoms with Crippen LogP contribution < -0.4 is 5.73 Å². The van der Waals surface area contributed by atoms with Crippen molar-refractivity contribution >= 4 is 0 Å². The molecular weight excluding hydrogens is 186 g/mol. The molecule has 0 aromatic rings. The fraction of sp³-hybridized carbons (Fsp3) is 1.00. The van der Waals surface area contributed by atoms with Gasteiger partial charge in [-0.1, -0.05) is 13.3 Å². The van der Waals surface area contributed by atoms with Crippen molar-refractivity contribution in [2.45, 2.75) is 38.6 Å². The summed E-state index contributed by atoms with van der Waals surface area (Å²) in [5.41, 5.74) is 5.97. The van der Waals surface area contributed by atoms with E-state index in [9.17, 15) is 0 Å². The third-order valence-electron chi connectivity index (χ3n) is 2.69. The van der Waals surface area contributed by atoms with E-state index < -0.39 is 0 Å². The molecule has 0 spiro atoms. The minimum Gasteiger partial charge on any atom is -0.328 e. The van der Waals surface area contributed by atoms with Crippen LogP contribution in [0.25, 0.3) is 0 Å². The second-order valence-electron chi connectivity index (χ2n) is 4.80. The van der Waals surface area contributed by atoms with E-state index in [1.165, 1.54) is 25.9 Å². The van der Waals surface area contributed by atoms with Gasteiger partial charge in [-0.05, 0) is 60.0 Å². The lowest BCUT2D eigenvalue weighted by atomic mass is 10.1. The predicted octanol–water partition coefficient (Wildman–Crippen LogP) is 1.39. The van der Waals surface area contributed by atoms with Gasteiger partial charge >= 0.3 is 0 Å². The molecule has 0 aliphatic rings. The van der Waals surface area contributed by atoms with Crippen LogP contribution in [0.15, 0.2) is 0 Å². The van der Waals surface area contributed by atoms with Crippen molar-refractivity contribution in [1.29, 1.82) is 0 Å². The van der Waals surface area contributed by atoms with Gasteiger partial charge in [-0.15, -0.1) is 0 Å². The van der Waals surface area contributed by atoms with Gasteiger partial charge in [0.25, 0.3) is 0 Å². The molecule has 2 N–H and O–H groups in total. The first-order valence-corrected chi connectivity index (χ1v) is 6.15. The van der Waals surface area contributed by atoms with E-state index in [1.807, 2.05) is 0 Å². The fourth-order valence-electron chi connectivity index (χ4n) is 1.67. The predicted molar refractivity (Wildman–Crippen MR) is 68.2 cm³/mol. The maximum Gasteiger partial charge on any atom is 0.00509 e. The van der Waals surface area contributed by atoms with Crippen molar-refractivity contribution < 1.29 is 0 Å². The van der Waals surface area contributed by atoms with Crippen molar-refractivity contribution in [2.24, 2.45) is 5.73 Å². The van der Waals surface area contributed by atoms with Crippen LogP contribution in [0.1, 0.15) is 32.6 Å². The molecule has 0 saturated heterocycles. The monoisotopic (exact) mass is 215 g/mol. The molecule has 0 aromatic carbocycles. The number of nitrogens with two attached hydrogens (primary N) is 1. The highest BCUT2D eigenvalue weighted by Crippen LogP contribution is 2.00. The van der Waals surface area contributed by atoms with E-state index in [4.69, 9.17) is 5.73 Å². The van der Waals surface area contributed by atoms with Crippen LogP contribution in [0.2, 0.25) is 0 Å². The van der Waals surface area contributed by atoms with E-state index in [2.05, 4.69) is 37.9 Å². The van der Waals surface area contributed by atoms with Gasteiger partial charge in [0.15, 0.2) is 0 Å². The zero-order valence-corrected chi connectivity index (χ0v) is 11.0. The van der Waals surface area contributed by atoms with Crippen molar-refractivity contribution in [2.75, 3.05) is 40.8 Å². The maximum absolute atomic E-state index is 5.97. The quantitative estimate of drug-likeness (QED) is 0.631. The van der Waals surface area contributed by atoms with Gasteiger partial charge in [0.05, 0.1) is 0 Å². The van der Waals surface area contributed by atoms with E-state index in [-0.39, 0.29) is 0 Å². The number of hydrogen-bond donors (Lipinski definition) is 1. The van der Waals surface area contributed by atoms with E-state index in [0.717, 1.165) is 19.4 Å².